The molecule has 0 radical (unpaired) electrons. The molecule has 2 heteroatoms. The molecule has 2 aliphatic carbocycles. The Labute approximate surface area is 394 Å². The minimum atomic E-state index is -0.468. The lowest BCUT2D eigenvalue weighted by Crippen LogP contribution is -2.26. The van der Waals surface area contributed by atoms with E-state index in [4.69, 9.17) is 0 Å². The average molecular weight is 868 g/mol. The Bertz CT molecular complexity index is 3870. The summed E-state index contributed by atoms with van der Waals surface area (Å²) in [6.45, 7) is 0. The summed E-state index contributed by atoms with van der Waals surface area (Å²) in [5.74, 6) is 0. The van der Waals surface area contributed by atoms with Crippen LogP contribution in [0.1, 0.15) is 22.3 Å². The first kappa shape index (κ1) is 38.0. The minimum absolute atomic E-state index is 0.468. The lowest BCUT2D eigenvalue weighted by molar-refractivity contribution is 0.794. The van der Waals surface area contributed by atoms with Gasteiger partial charge in [0.1, 0.15) is 0 Å². The van der Waals surface area contributed by atoms with Gasteiger partial charge in [-0.15, -0.1) is 11.3 Å². The minimum Gasteiger partial charge on any atom is -0.308 e. The van der Waals surface area contributed by atoms with Crippen molar-refractivity contribution in [3.8, 4) is 55.6 Å². The Morgan fingerprint density at radius 2 is 0.851 bits per heavy atom. The fraction of sp³-hybridized carbons (Fsp3) is 0.0154. The van der Waals surface area contributed by atoms with Gasteiger partial charge in [-0.05, 0) is 119 Å². The van der Waals surface area contributed by atoms with Crippen molar-refractivity contribution in [3.05, 3.63) is 271 Å². The van der Waals surface area contributed by atoms with Crippen LogP contribution in [0.4, 0.5) is 17.1 Å². The number of nitrogens with zero attached hydrogens (tertiary/aromatic N) is 1. The van der Waals surface area contributed by atoms with Crippen LogP contribution < -0.4 is 4.90 Å². The molecule has 0 N–H and O–H groups in total. The van der Waals surface area contributed by atoms with Gasteiger partial charge < -0.3 is 4.90 Å². The standard InChI is InChI=1S/C65H41NS/c1-3-17-42(18-4-1)48-40-55-53-27-15-26-50(45-20-5-2-6-21-45)63(53)67-64(55)61(41-48)66(49-37-35-44(36-38-49)47-34-33-43-19-7-8-22-46(43)39-47)60-32-16-31-59-62(60)54-25-11-14-30-58(54)65(59)56-28-12-9-23-51(56)52-24-10-13-29-57(52)65/h1-41H. The maximum Gasteiger partial charge on any atom is 0.0726 e. The van der Waals surface area contributed by atoms with Gasteiger partial charge in [0, 0.05) is 26.7 Å². The van der Waals surface area contributed by atoms with Crippen molar-refractivity contribution in [3.63, 3.8) is 0 Å². The molecule has 0 fully saturated rings. The molecule has 312 valence electrons. The largest absolute Gasteiger partial charge is 0.308 e. The van der Waals surface area contributed by atoms with Gasteiger partial charge in [-0.25, -0.2) is 0 Å². The molecule has 0 atom stereocenters. The summed E-state index contributed by atoms with van der Waals surface area (Å²) >= 11 is 1.91. The molecule has 2 aliphatic rings. The van der Waals surface area contributed by atoms with Crippen LogP contribution in [0.3, 0.4) is 0 Å². The van der Waals surface area contributed by atoms with Crippen LogP contribution in [0.2, 0.25) is 0 Å². The smallest absolute Gasteiger partial charge is 0.0726 e. The van der Waals surface area contributed by atoms with E-state index in [-0.39, 0.29) is 0 Å². The zero-order chi connectivity index (χ0) is 44.1. The van der Waals surface area contributed by atoms with Crippen molar-refractivity contribution in [1.29, 1.82) is 0 Å². The normalized spacial score (nSPS) is 12.9. The fourth-order valence-electron chi connectivity index (χ4n) is 11.6. The van der Waals surface area contributed by atoms with Gasteiger partial charge in [0.25, 0.3) is 0 Å². The van der Waals surface area contributed by atoms with E-state index in [0.29, 0.717) is 0 Å². The van der Waals surface area contributed by atoms with Crippen molar-refractivity contribution in [2.24, 2.45) is 0 Å². The number of hydrogen-bond acceptors (Lipinski definition) is 2. The summed E-state index contributed by atoms with van der Waals surface area (Å²) < 4.78 is 2.55. The predicted molar refractivity (Wildman–Crippen MR) is 284 cm³/mol. The van der Waals surface area contributed by atoms with Crippen LogP contribution in [0.5, 0.6) is 0 Å². The molecular weight excluding hydrogens is 827 g/mol. The highest BCUT2D eigenvalue weighted by atomic mass is 32.1. The number of benzene rings is 11. The second-order valence-electron chi connectivity index (χ2n) is 17.9. The predicted octanol–water partition coefficient (Wildman–Crippen LogP) is 18.0. The van der Waals surface area contributed by atoms with Gasteiger partial charge >= 0.3 is 0 Å². The van der Waals surface area contributed by atoms with Gasteiger partial charge in [0.05, 0.1) is 21.5 Å². The third-order valence-corrected chi connectivity index (χ3v) is 15.7. The molecule has 0 saturated carbocycles. The third-order valence-electron chi connectivity index (χ3n) is 14.5. The topological polar surface area (TPSA) is 3.24 Å². The highest BCUT2D eigenvalue weighted by Gasteiger charge is 2.52. The number of rotatable bonds is 6. The summed E-state index contributed by atoms with van der Waals surface area (Å²) in [6, 6.07) is 92.6. The highest BCUT2D eigenvalue weighted by molar-refractivity contribution is 7.27. The molecule has 1 nitrogen and oxygen atoms in total. The van der Waals surface area contributed by atoms with E-state index < -0.39 is 5.41 Å². The number of hydrogen-bond donors (Lipinski definition) is 0. The van der Waals surface area contributed by atoms with Gasteiger partial charge in [0.15, 0.2) is 0 Å². The van der Waals surface area contributed by atoms with Crippen LogP contribution in [0.25, 0.3) is 86.6 Å². The molecule has 0 aliphatic heterocycles. The Balaban J connectivity index is 1.08. The molecule has 0 amide bonds. The van der Waals surface area contributed by atoms with Crippen molar-refractivity contribution in [2.75, 3.05) is 4.90 Å². The lowest BCUT2D eigenvalue weighted by atomic mass is 9.70. The van der Waals surface area contributed by atoms with E-state index in [2.05, 4.69) is 254 Å². The summed E-state index contributed by atoms with van der Waals surface area (Å²) in [6.07, 6.45) is 0. The van der Waals surface area contributed by atoms with Crippen molar-refractivity contribution < 1.29 is 0 Å². The number of thiophene rings is 1. The zero-order valence-corrected chi connectivity index (χ0v) is 37.3. The first-order valence-corrected chi connectivity index (χ1v) is 24.0. The summed E-state index contributed by atoms with van der Waals surface area (Å²) in [4.78, 5) is 2.58. The monoisotopic (exact) mass is 867 g/mol. The molecule has 11 aromatic carbocycles. The van der Waals surface area contributed by atoms with E-state index in [0.717, 1.165) is 17.1 Å². The second kappa shape index (κ2) is 14.9. The van der Waals surface area contributed by atoms with Gasteiger partial charge in [-0.3, -0.25) is 0 Å². The molecule has 0 unspecified atom stereocenters. The Morgan fingerprint density at radius 1 is 0.299 bits per heavy atom. The molecular formula is C65H41NS. The Morgan fingerprint density at radius 3 is 1.58 bits per heavy atom. The number of anilines is 3. The molecule has 0 bridgehead atoms. The van der Waals surface area contributed by atoms with E-state index in [9.17, 15) is 0 Å². The van der Waals surface area contributed by atoms with E-state index in [1.165, 1.54) is 109 Å². The average Bonchev–Trinajstić information content (AvgIpc) is 4.04. The molecule has 1 spiro atoms. The second-order valence-corrected chi connectivity index (χ2v) is 18.9. The quantitative estimate of drug-likeness (QED) is 0.161. The Kier molecular flexibility index (Phi) is 8.44. The van der Waals surface area contributed by atoms with Crippen molar-refractivity contribution in [2.45, 2.75) is 5.41 Å². The molecule has 0 saturated heterocycles. The van der Waals surface area contributed by atoms with Crippen molar-refractivity contribution in [1.82, 2.24) is 0 Å². The van der Waals surface area contributed by atoms with E-state index in [1.807, 2.05) is 11.3 Å². The van der Waals surface area contributed by atoms with Crippen LogP contribution >= 0.6 is 11.3 Å². The summed E-state index contributed by atoms with van der Waals surface area (Å²) in [7, 11) is 0. The molecule has 12 aromatic rings. The van der Waals surface area contributed by atoms with Gasteiger partial charge in [-0.1, -0.05) is 212 Å². The number of fused-ring (bicyclic) bond motifs is 14. The van der Waals surface area contributed by atoms with Crippen LogP contribution in [0.15, 0.2) is 249 Å². The van der Waals surface area contributed by atoms with Crippen LogP contribution in [-0.2, 0) is 5.41 Å². The molecule has 67 heavy (non-hydrogen) atoms. The van der Waals surface area contributed by atoms with Crippen LogP contribution in [0, 0.1) is 0 Å². The molecule has 1 aromatic heterocycles. The summed E-state index contributed by atoms with van der Waals surface area (Å²) in [5.41, 5.74) is 20.7. The first-order valence-electron chi connectivity index (χ1n) is 23.2. The van der Waals surface area contributed by atoms with Gasteiger partial charge in [-0.2, -0.15) is 0 Å². The third kappa shape index (κ3) is 5.61. The molecule has 14 rings (SSSR count). The van der Waals surface area contributed by atoms with Gasteiger partial charge in [0.2, 0.25) is 0 Å². The Hall–Kier alpha value is -8.30. The zero-order valence-electron chi connectivity index (χ0n) is 36.5. The van der Waals surface area contributed by atoms with Crippen molar-refractivity contribution >= 4 is 59.3 Å². The van der Waals surface area contributed by atoms with E-state index in [1.54, 1.807) is 0 Å². The first-order chi connectivity index (χ1) is 33.2. The van der Waals surface area contributed by atoms with E-state index >= 15 is 0 Å². The fourth-order valence-corrected chi connectivity index (χ4v) is 12.9. The lowest BCUT2D eigenvalue weighted by Gasteiger charge is -2.32. The molecule has 1 heterocycles. The highest BCUT2D eigenvalue weighted by Crippen LogP contribution is 2.65. The maximum absolute atomic E-state index is 2.58. The van der Waals surface area contributed by atoms with Crippen LogP contribution in [-0.4, -0.2) is 0 Å². The SMILES string of the molecule is c1ccc(-c2cc(N(c3ccc(-c4ccc5ccccc5c4)cc3)c3cccc4c3-c3ccccc3C43c4ccccc4-c4ccccc43)c3sc4c(-c5ccccc5)cccc4c3c2)cc1. The maximum atomic E-state index is 2.58. The summed E-state index contributed by atoms with van der Waals surface area (Å²) in [5, 5.41) is 5.02.